The Labute approximate surface area is 135 Å². The first-order valence-corrected chi connectivity index (χ1v) is 8.08. The van der Waals surface area contributed by atoms with Crippen LogP contribution in [0.5, 0.6) is 0 Å². The van der Waals surface area contributed by atoms with Crippen molar-refractivity contribution in [2.75, 3.05) is 0 Å². The topological polar surface area (TPSA) is 137 Å². The molecular formula is C14H10N2O7S. The van der Waals surface area contributed by atoms with Gasteiger partial charge in [0.2, 0.25) is 10.9 Å². The van der Waals surface area contributed by atoms with E-state index in [9.17, 15) is 22.8 Å². The lowest BCUT2D eigenvalue weighted by molar-refractivity contribution is -0.0606. The van der Waals surface area contributed by atoms with Gasteiger partial charge in [-0.25, -0.2) is 18.4 Å². The Bertz CT molecular complexity index is 955. The Balaban J connectivity index is 1.88. The highest BCUT2D eigenvalue weighted by molar-refractivity contribution is 7.89. The molecule has 9 nitrogen and oxygen atoms in total. The minimum Gasteiger partial charge on any atom is -0.436 e. The van der Waals surface area contributed by atoms with Gasteiger partial charge in [0.15, 0.2) is 0 Å². The predicted molar refractivity (Wildman–Crippen MR) is 77.2 cm³/mol. The zero-order valence-corrected chi connectivity index (χ0v) is 13.0. The van der Waals surface area contributed by atoms with Crippen LogP contribution in [0.3, 0.4) is 0 Å². The number of nitrogens with zero attached hydrogens (tertiary/aromatic N) is 1. The normalized spacial score (nSPS) is 14.0. The SMILES string of the molecule is Cc1cc(S(N)(=O)=O)oc1C(=O)ON1C(=O)c2ccccc2C1=O. The van der Waals surface area contributed by atoms with Gasteiger partial charge in [0.25, 0.3) is 21.8 Å². The number of aryl methyl sites for hydroxylation is 1. The van der Waals surface area contributed by atoms with Gasteiger partial charge in [-0.2, -0.15) is 0 Å². The first-order valence-electron chi connectivity index (χ1n) is 6.53. The average molecular weight is 350 g/mol. The number of nitrogens with two attached hydrogens (primary N) is 1. The van der Waals surface area contributed by atoms with Crippen molar-refractivity contribution < 1.29 is 32.1 Å². The number of benzene rings is 1. The zero-order valence-electron chi connectivity index (χ0n) is 12.2. The summed E-state index contributed by atoms with van der Waals surface area (Å²) < 4.78 is 27.3. The van der Waals surface area contributed by atoms with E-state index in [0.717, 1.165) is 6.07 Å². The maximum Gasteiger partial charge on any atom is 0.399 e. The molecule has 2 N–H and O–H groups in total. The number of imide groups is 1. The third kappa shape index (κ3) is 2.47. The molecule has 10 heteroatoms. The second kappa shape index (κ2) is 5.28. The van der Waals surface area contributed by atoms with E-state index in [1.54, 1.807) is 12.1 Å². The van der Waals surface area contributed by atoms with Crippen LogP contribution in [0.1, 0.15) is 36.8 Å². The third-order valence-corrected chi connectivity index (χ3v) is 4.05. The summed E-state index contributed by atoms with van der Waals surface area (Å²) >= 11 is 0. The van der Waals surface area contributed by atoms with Crippen LogP contribution >= 0.6 is 0 Å². The van der Waals surface area contributed by atoms with E-state index in [4.69, 9.17) is 14.4 Å². The van der Waals surface area contributed by atoms with Crippen LogP contribution < -0.4 is 5.14 Å². The summed E-state index contributed by atoms with van der Waals surface area (Å²) in [5.74, 6) is -3.29. The van der Waals surface area contributed by atoms with E-state index in [-0.39, 0.29) is 16.7 Å². The highest BCUT2D eigenvalue weighted by atomic mass is 32.2. The molecular weight excluding hydrogens is 340 g/mol. The van der Waals surface area contributed by atoms with Crippen molar-refractivity contribution in [1.29, 1.82) is 0 Å². The van der Waals surface area contributed by atoms with E-state index < -0.39 is 38.7 Å². The smallest absolute Gasteiger partial charge is 0.399 e. The van der Waals surface area contributed by atoms with Gasteiger partial charge in [-0.15, -0.1) is 0 Å². The Hall–Kier alpha value is -2.98. The second-order valence-electron chi connectivity index (χ2n) is 4.95. The maximum atomic E-state index is 12.1. The van der Waals surface area contributed by atoms with Crippen molar-refractivity contribution in [1.82, 2.24) is 5.06 Å². The lowest BCUT2D eigenvalue weighted by atomic mass is 10.1. The molecule has 0 bridgehead atoms. The number of furan rings is 1. The van der Waals surface area contributed by atoms with E-state index >= 15 is 0 Å². The summed E-state index contributed by atoms with van der Waals surface area (Å²) in [7, 11) is -4.15. The molecule has 1 aromatic carbocycles. The number of carbonyl (C=O) groups excluding carboxylic acids is 3. The van der Waals surface area contributed by atoms with E-state index in [2.05, 4.69) is 0 Å². The number of primary sulfonamides is 1. The Morgan fingerprint density at radius 1 is 1.17 bits per heavy atom. The lowest BCUT2D eigenvalue weighted by Gasteiger charge is -2.11. The Morgan fingerprint density at radius 3 is 2.17 bits per heavy atom. The van der Waals surface area contributed by atoms with Crippen molar-refractivity contribution in [3.05, 3.63) is 52.8 Å². The third-order valence-electron chi connectivity index (χ3n) is 3.29. The summed E-state index contributed by atoms with van der Waals surface area (Å²) in [5.41, 5.74) is 0.314. The van der Waals surface area contributed by atoms with Gasteiger partial charge in [-0.3, -0.25) is 9.59 Å². The van der Waals surface area contributed by atoms with Crippen LogP contribution in [0.25, 0.3) is 0 Å². The lowest BCUT2D eigenvalue weighted by Crippen LogP contribution is -2.32. The van der Waals surface area contributed by atoms with E-state index in [0.29, 0.717) is 5.06 Å². The van der Waals surface area contributed by atoms with Gasteiger partial charge < -0.3 is 9.25 Å². The fourth-order valence-corrected chi connectivity index (χ4v) is 2.71. The molecule has 1 aromatic heterocycles. The highest BCUT2D eigenvalue weighted by Gasteiger charge is 2.39. The number of sulfonamides is 1. The molecule has 0 aliphatic carbocycles. The fourth-order valence-electron chi connectivity index (χ4n) is 2.17. The monoisotopic (exact) mass is 350 g/mol. The number of rotatable bonds is 3. The number of carbonyl (C=O) groups is 3. The quantitative estimate of drug-likeness (QED) is 0.800. The number of amides is 2. The molecule has 0 saturated carbocycles. The Morgan fingerprint density at radius 2 is 1.71 bits per heavy atom. The van der Waals surface area contributed by atoms with Crippen LogP contribution in [-0.4, -0.2) is 31.3 Å². The molecule has 1 aliphatic rings. The molecule has 24 heavy (non-hydrogen) atoms. The molecule has 0 radical (unpaired) electrons. The molecule has 2 aromatic rings. The van der Waals surface area contributed by atoms with E-state index in [1.807, 2.05) is 0 Å². The van der Waals surface area contributed by atoms with Crippen LogP contribution in [0, 0.1) is 6.92 Å². The van der Waals surface area contributed by atoms with Crippen LogP contribution in [0.4, 0.5) is 0 Å². The van der Waals surface area contributed by atoms with Crippen molar-refractivity contribution in [3.63, 3.8) is 0 Å². The molecule has 0 saturated heterocycles. The van der Waals surface area contributed by atoms with Crippen molar-refractivity contribution in [3.8, 4) is 0 Å². The second-order valence-corrected chi connectivity index (χ2v) is 6.44. The van der Waals surface area contributed by atoms with Crippen molar-refractivity contribution >= 4 is 27.8 Å². The number of hydroxylamine groups is 2. The molecule has 0 unspecified atom stereocenters. The summed E-state index contributed by atoms with van der Waals surface area (Å²) in [5, 5.41) is 4.58. The molecule has 2 heterocycles. The standard InChI is InChI=1S/C14H10N2O7S/c1-7-6-10(24(15,20)21)22-11(7)14(19)23-16-12(17)8-4-2-3-5-9(8)13(16)18/h2-6H,1H3,(H2,15,20,21). The minimum atomic E-state index is -4.15. The first-order chi connectivity index (χ1) is 11.2. The summed E-state index contributed by atoms with van der Waals surface area (Å²) in [4.78, 5) is 41.1. The van der Waals surface area contributed by atoms with Gasteiger partial charge in [0.05, 0.1) is 11.1 Å². The Kier molecular flexibility index (Phi) is 3.50. The summed E-state index contributed by atoms with van der Waals surface area (Å²) in [6, 6.07) is 6.99. The van der Waals surface area contributed by atoms with Gasteiger partial charge >= 0.3 is 5.97 Å². The molecule has 0 atom stereocenters. The first kappa shape index (κ1) is 15.9. The van der Waals surface area contributed by atoms with Gasteiger partial charge in [0, 0.05) is 11.6 Å². The number of hydrogen-bond acceptors (Lipinski definition) is 7. The number of fused-ring (bicyclic) bond motifs is 1. The predicted octanol–water partition coefficient (Wildman–Crippen LogP) is 0.603. The average Bonchev–Trinajstić information content (AvgIpc) is 3.02. The molecule has 3 rings (SSSR count). The van der Waals surface area contributed by atoms with E-state index in [1.165, 1.54) is 19.1 Å². The van der Waals surface area contributed by atoms with Crippen LogP contribution in [0.2, 0.25) is 0 Å². The molecule has 1 aliphatic heterocycles. The van der Waals surface area contributed by atoms with Crippen LogP contribution in [-0.2, 0) is 14.9 Å². The fraction of sp³-hybridized carbons (Fsp3) is 0.0714. The van der Waals surface area contributed by atoms with Crippen molar-refractivity contribution in [2.45, 2.75) is 12.0 Å². The molecule has 0 spiro atoms. The van der Waals surface area contributed by atoms with Gasteiger partial charge in [-0.1, -0.05) is 17.2 Å². The molecule has 124 valence electrons. The summed E-state index contributed by atoms with van der Waals surface area (Å²) in [6.07, 6.45) is 0. The molecule has 2 amide bonds. The van der Waals surface area contributed by atoms with Gasteiger partial charge in [0.1, 0.15) is 0 Å². The molecule has 0 fully saturated rings. The van der Waals surface area contributed by atoms with Crippen molar-refractivity contribution in [2.24, 2.45) is 5.14 Å². The highest BCUT2D eigenvalue weighted by Crippen LogP contribution is 2.25. The van der Waals surface area contributed by atoms with Gasteiger partial charge in [-0.05, 0) is 19.1 Å². The maximum absolute atomic E-state index is 12.1. The minimum absolute atomic E-state index is 0.0942. The van der Waals surface area contributed by atoms with Crippen LogP contribution in [0.15, 0.2) is 39.8 Å². The zero-order chi connectivity index (χ0) is 17.6. The summed E-state index contributed by atoms with van der Waals surface area (Å²) in [6.45, 7) is 1.39. The number of hydrogen-bond donors (Lipinski definition) is 1. The largest absolute Gasteiger partial charge is 0.436 e.